The van der Waals surface area contributed by atoms with Gasteiger partial charge >= 0.3 is 6.18 Å². The number of anilines is 2. The van der Waals surface area contributed by atoms with E-state index in [4.69, 9.17) is 9.47 Å². The molecule has 4 aromatic carbocycles. The predicted octanol–water partition coefficient (Wildman–Crippen LogP) is 8.20. The standard InChI is InChI=1S/C35H28F7N3O5S/c1-4-25(34(48)45-31-29(38)27(36)26(35(40,41)42)28(37)30(31)39)51-21-12-8-11-20(17-21)43-33(47)22(44-32(46)19-9-6-5-7-10-19)15-18-13-14-23(49-2)24(16-18)50-3/h5-17,25H,4H2,1-3H3,(H,43,47)(H,44,46)(H,45,48)/b22-15+. The van der Waals surface area contributed by atoms with Crippen molar-refractivity contribution < 1.29 is 54.6 Å². The number of rotatable bonds is 12. The summed E-state index contributed by atoms with van der Waals surface area (Å²) >= 11 is 0.825. The van der Waals surface area contributed by atoms with Crippen molar-refractivity contribution >= 4 is 46.9 Å². The quantitative estimate of drug-likeness (QED) is 0.0587. The van der Waals surface area contributed by atoms with Gasteiger partial charge in [0.2, 0.25) is 5.91 Å². The highest BCUT2D eigenvalue weighted by molar-refractivity contribution is 8.00. The van der Waals surface area contributed by atoms with Crippen LogP contribution in [-0.4, -0.2) is 37.2 Å². The fourth-order valence-electron chi connectivity index (χ4n) is 4.58. The van der Waals surface area contributed by atoms with Gasteiger partial charge in [0.05, 0.1) is 19.5 Å². The van der Waals surface area contributed by atoms with Crippen molar-refractivity contribution in [2.75, 3.05) is 24.9 Å². The van der Waals surface area contributed by atoms with Gasteiger partial charge in [0, 0.05) is 16.1 Å². The third-order valence-electron chi connectivity index (χ3n) is 7.08. The first-order valence-corrected chi connectivity index (χ1v) is 15.7. The van der Waals surface area contributed by atoms with Crippen molar-refractivity contribution in [1.29, 1.82) is 0 Å². The molecule has 0 saturated carbocycles. The van der Waals surface area contributed by atoms with Gasteiger partial charge in [-0.25, -0.2) is 17.6 Å². The van der Waals surface area contributed by atoms with Gasteiger partial charge in [0.15, 0.2) is 34.8 Å². The molecule has 1 atom stereocenters. The van der Waals surface area contributed by atoms with Gasteiger partial charge < -0.3 is 25.4 Å². The molecule has 268 valence electrons. The van der Waals surface area contributed by atoms with Crippen molar-refractivity contribution in [3.05, 3.63) is 118 Å². The Morgan fingerprint density at radius 3 is 2.04 bits per heavy atom. The highest BCUT2D eigenvalue weighted by atomic mass is 32.2. The van der Waals surface area contributed by atoms with Crippen LogP contribution in [0.4, 0.5) is 42.1 Å². The van der Waals surface area contributed by atoms with Crippen molar-refractivity contribution in [3.8, 4) is 11.5 Å². The minimum atomic E-state index is -5.74. The van der Waals surface area contributed by atoms with E-state index in [1.54, 1.807) is 53.8 Å². The molecule has 0 aliphatic rings. The Balaban J connectivity index is 1.57. The van der Waals surface area contributed by atoms with Crippen LogP contribution in [0.25, 0.3) is 6.08 Å². The minimum Gasteiger partial charge on any atom is -0.493 e. The Kier molecular flexibility index (Phi) is 12.4. The third kappa shape index (κ3) is 9.19. The van der Waals surface area contributed by atoms with E-state index in [9.17, 15) is 45.1 Å². The summed E-state index contributed by atoms with van der Waals surface area (Å²) in [6, 6.07) is 18.9. The molecule has 0 aliphatic carbocycles. The summed E-state index contributed by atoms with van der Waals surface area (Å²) < 4.78 is 107. The number of hydrogen-bond acceptors (Lipinski definition) is 6. The molecule has 1 unspecified atom stereocenters. The normalized spacial score (nSPS) is 12.2. The second kappa shape index (κ2) is 16.5. The third-order valence-corrected chi connectivity index (χ3v) is 8.43. The average Bonchev–Trinajstić information content (AvgIpc) is 3.11. The van der Waals surface area contributed by atoms with Crippen LogP contribution >= 0.6 is 11.8 Å². The van der Waals surface area contributed by atoms with E-state index in [2.05, 4.69) is 10.6 Å². The lowest BCUT2D eigenvalue weighted by Crippen LogP contribution is -2.30. The van der Waals surface area contributed by atoms with Crippen LogP contribution in [0.2, 0.25) is 0 Å². The Labute approximate surface area is 291 Å². The Morgan fingerprint density at radius 1 is 0.804 bits per heavy atom. The Hall–Kier alpha value is -5.51. The molecule has 51 heavy (non-hydrogen) atoms. The molecule has 0 saturated heterocycles. The van der Waals surface area contributed by atoms with E-state index in [-0.39, 0.29) is 23.4 Å². The predicted molar refractivity (Wildman–Crippen MR) is 176 cm³/mol. The van der Waals surface area contributed by atoms with Gasteiger partial charge in [-0.1, -0.05) is 37.3 Å². The van der Waals surface area contributed by atoms with E-state index in [1.165, 1.54) is 51.5 Å². The number of alkyl halides is 3. The summed E-state index contributed by atoms with van der Waals surface area (Å²) in [5.74, 6) is -12.0. The number of benzene rings is 4. The van der Waals surface area contributed by atoms with Gasteiger partial charge in [-0.2, -0.15) is 13.2 Å². The largest absolute Gasteiger partial charge is 0.493 e. The first kappa shape index (κ1) is 38.3. The van der Waals surface area contributed by atoms with E-state index < -0.39 is 63.7 Å². The fourth-order valence-corrected chi connectivity index (χ4v) is 5.59. The van der Waals surface area contributed by atoms with Gasteiger partial charge in [0.25, 0.3) is 11.8 Å². The molecule has 0 heterocycles. The number of ether oxygens (including phenoxy) is 2. The molecule has 0 radical (unpaired) electrons. The zero-order valence-corrected chi connectivity index (χ0v) is 27.7. The van der Waals surface area contributed by atoms with Crippen LogP contribution in [0.5, 0.6) is 11.5 Å². The summed E-state index contributed by atoms with van der Waals surface area (Å²) in [6.45, 7) is 1.50. The molecule has 16 heteroatoms. The Bertz CT molecular complexity index is 1940. The number of methoxy groups -OCH3 is 2. The fraction of sp³-hybridized carbons (Fsp3) is 0.171. The molecule has 0 fully saturated rings. The zero-order valence-electron chi connectivity index (χ0n) is 26.9. The smallest absolute Gasteiger partial charge is 0.422 e. The monoisotopic (exact) mass is 735 g/mol. The number of thioether (sulfide) groups is 1. The maximum Gasteiger partial charge on any atom is 0.422 e. The van der Waals surface area contributed by atoms with Gasteiger partial charge in [-0.3, -0.25) is 14.4 Å². The number of hydrogen-bond donors (Lipinski definition) is 3. The summed E-state index contributed by atoms with van der Waals surface area (Å²) in [5.41, 5.74) is -3.72. The lowest BCUT2D eigenvalue weighted by molar-refractivity contribution is -0.143. The molecule has 3 amide bonds. The molecule has 0 aliphatic heterocycles. The van der Waals surface area contributed by atoms with E-state index >= 15 is 0 Å². The first-order valence-electron chi connectivity index (χ1n) is 14.8. The summed E-state index contributed by atoms with van der Waals surface area (Å²) in [7, 11) is 2.88. The molecule has 4 rings (SSSR count). The highest BCUT2D eigenvalue weighted by Crippen LogP contribution is 2.39. The summed E-state index contributed by atoms with van der Waals surface area (Å²) in [5, 5.41) is 5.72. The first-order chi connectivity index (χ1) is 24.2. The molecule has 4 aromatic rings. The Morgan fingerprint density at radius 2 is 1.45 bits per heavy atom. The number of nitrogens with one attached hydrogen (secondary N) is 3. The zero-order chi connectivity index (χ0) is 37.5. The average molecular weight is 736 g/mol. The molecule has 3 N–H and O–H groups in total. The van der Waals surface area contributed by atoms with E-state index in [0.29, 0.717) is 22.0 Å². The van der Waals surface area contributed by atoms with Crippen LogP contribution in [0.3, 0.4) is 0 Å². The van der Waals surface area contributed by atoms with Crippen LogP contribution in [0.15, 0.2) is 83.4 Å². The van der Waals surface area contributed by atoms with E-state index in [1.807, 2.05) is 0 Å². The van der Waals surface area contributed by atoms with Crippen molar-refractivity contribution in [2.45, 2.75) is 29.7 Å². The minimum absolute atomic E-state index is 0.00828. The van der Waals surface area contributed by atoms with Gasteiger partial charge in [-0.15, -0.1) is 11.8 Å². The number of halogens is 7. The summed E-state index contributed by atoms with van der Waals surface area (Å²) in [4.78, 5) is 39.8. The van der Waals surface area contributed by atoms with Crippen LogP contribution < -0.4 is 25.4 Å². The number of carbonyl (C=O) groups excluding carboxylic acids is 3. The van der Waals surface area contributed by atoms with Crippen molar-refractivity contribution in [3.63, 3.8) is 0 Å². The van der Waals surface area contributed by atoms with Gasteiger partial charge in [-0.05, 0) is 60.5 Å². The lowest BCUT2D eigenvalue weighted by Gasteiger charge is -2.18. The van der Waals surface area contributed by atoms with Crippen LogP contribution in [0.1, 0.15) is 34.8 Å². The maximum atomic E-state index is 14.4. The molecule has 0 spiro atoms. The van der Waals surface area contributed by atoms with Crippen molar-refractivity contribution in [1.82, 2.24) is 5.32 Å². The molecule has 8 nitrogen and oxygen atoms in total. The lowest BCUT2D eigenvalue weighted by atomic mass is 10.1. The van der Waals surface area contributed by atoms with Gasteiger partial charge in [0.1, 0.15) is 16.9 Å². The topological polar surface area (TPSA) is 106 Å². The van der Waals surface area contributed by atoms with Crippen LogP contribution in [-0.2, 0) is 15.8 Å². The second-order valence-electron chi connectivity index (χ2n) is 10.5. The number of amides is 3. The SMILES string of the molecule is CCC(Sc1cccc(NC(=O)/C(=C\c2ccc(OC)c(OC)c2)NC(=O)c2ccccc2)c1)C(=O)Nc1c(F)c(F)c(C(F)(F)F)c(F)c1F. The van der Waals surface area contributed by atoms with E-state index in [0.717, 1.165) is 11.8 Å². The molecule has 0 aromatic heterocycles. The van der Waals surface area contributed by atoms with Crippen molar-refractivity contribution in [2.24, 2.45) is 0 Å². The highest BCUT2D eigenvalue weighted by Gasteiger charge is 2.42. The number of carbonyl (C=O) groups is 3. The molecular weight excluding hydrogens is 707 g/mol. The molecule has 0 bridgehead atoms. The molecular formula is C35H28F7N3O5S. The second-order valence-corrected chi connectivity index (χ2v) is 11.8. The maximum absolute atomic E-state index is 14.4. The van der Waals surface area contributed by atoms with Crippen LogP contribution in [0, 0.1) is 23.3 Å². The summed E-state index contributed by atoms with van der Waals surface area (Å²) in [6.07, 6.45) is -4.35.